The van der Waals surface area contributed by atoms with Crippen molar-refractivity contribution in [2.75, 3.05) is 18.1 Å². The number of likely N-dealkylation sites (N-methyl/N-ethyl adjacent to an activating group) is 1. The maximum atomic E-state index is 13.5. The molecular formula is C25H20BrN3O4S. The molecule has 9 heteroatoms. The van der Waals surface area contributed by atoms with Crippen molar-refractivity contribution >= 4 is 54.9 Å². The van der Waals surface area contributed by atoms with Crippen LogP contribution in [0.5, 0.6) is 5.75 Å². The number of carbonyl (C=O) groups excluding carboxylic acids is 2. The molecule has 3 heterocycles. The van der Waals surface area contributed by atoms with Crippen LogP contribution in [-0.2, 0) is 4.79 Å². The second-order valence-corrected chi connectivity index (χ2v) is 9.72. The Labute approximate surface area is 207 Å². The molecule has 1 unspecified atom stereocenters. The zero-order chi connectivity index (χ0) is 24.0. The fourth-order valence-electron chi connectivity index (χ4n) is 4.13. The van der Waals surface area contributed by atoms with E-state index in [1.807, 2.05) is 36.6 Å². The number of halogens is 1. The number of hydrogen-bond donors (Lipinski definition) is 0. The Morgan fingerprint density at radius 3 is 2.71 bits per heavy atom. The van der Waals surface area contributed by atoms with Crippen molar-refractivity contribution in [3.63, 3.8) is 0 Å². The van der Waals surface area contributed by atoms with Crippen molar-refractivity contribution in [2.24, 2.45) is 0 Å². The summed E-state index contributed by atoms with van der Waals surface area (Å²) in [6.45, 7) is 4.00. The molecule has 1 atom stereocenters. The Morgan fingerprint density at radius 1 is 1.21 bits per heavy atom. The standard InChI is InChI=1S/C25H20BrN3O4S/c1-3-28-19-10-16(6-9-20(19)33-11-21(28)30)23(31)14(2)29-13-27-24-22(25(29)32)18(12-34-24)15-4-7-17(26)8-5-15/h4-10,12-14H,3,11H2,1-2H3. The van der Waals surface area contributed by atoms with Gasteiger partial charge in [-0.2, -0.15) is 0 Å². The average molecular weight is 538 g/mol. The average Bonchev–Trinajstić information content (AvgIpc) is 3.28. The van der Waals surface area contributed by atoms with Crippen LogP contribution in [0.3, 0.4) is 0 Å². The van der Waals surface area contributed by atoms with Gasteiger partial charge in [-0.25, -0.2) is 4.98 Å². The number of fused-ring (bicyclic) bond motifs is 2. The number of ketones is 1. The Bertz CT molecular complexity index is 1490. The first-order valence-electron chi connectivity index (χ1n) is 10.7. The van der Waals surface area contributed by atoms with Crippen LogP contribution >= 0.6 is 27.3 Å². The van der Waals surface area contributed by atoms with Crippen LogP contribution in [0.15, 0.2) is 63.4 Å². The van der Waals surface area contributed by atoms with Gasteiger partial charge in [0.25, 0.3) is 11.5 Å². The van der Waals surface area contributed by atoms with Gasteiger partial charge in [-0.05, 0) is 49.7 Å². The van der Waals surface area contributed by atoms with Crippen molar-refractivity contribution in [2.45, 2.75) is 19.9 Å². The van der Waals surface area contributed by atoms with Crippen LogP contribution in [0.2, 0.25) is 0 Å². The summed E-state index contributed by atoms with van der Waals surface area (Å²) in [6.07, 6.45) is 1.43. The second kappa shape index (κ2) is 8.81. The van der Waals surface area contributed by atoms with E-state index in [1.165, 1.54) is 22.2 Å². The molecule has 0 radical (unpaired) electrons. The van der Waals surface area contributed by atoms with Gasteiger partial charge in [-0.1, -0.05) is 28.1 Å². The highest BCUT2D eigenvalue weighted by Crippen LogP contribution is 2.34. The molecule has 0 bridgehead atoms. The first-order chi connectivity index (χ1) is 16.4. The van der Waals surface area contributed by atoms with Gasteiger partial charge in [0.2, 0.25) is 0 Å². The smallest absolute Gasteiger partial charge is 0.265 e. The predicted octanol–water partition coefficient (Wildman–Crippen LogP) is 5.08. The summed E-state index contributed by atoms with van der Waals surface area (Å²) >= 11 is 4.83. The highest BCUT2D eigenvalue weighted by Gasteiger charge is 2.27. The lowest BCUT2D eigenvalue weighted by Gasteiger charge is -2.28. The molecule has 0 N–H and O–H groups in total. The quantitative estimate of drug-likeness (QED) is 0.331. The highest BCUT2D eigenvalue weighted by molar-refractivity contribution is 9.10. The summed E-state index contributed by atoms with van der Waals surface area (Å²) < 4.78 is 7.82. The number of hydrogen-bond acceptors (Lipinski definition) is 6. The van der Waals surface area contributed by atoms with E-state index >= 15 is 0 Å². The minimum absolute atomic E-state index is 0.0209. The van der Waals surface area contributed by atoms with Crippen LogP contribution < -0.4 is 15.2 Å². The van der Waals surface area contributed by atoms with Crippen LogP contribution in [0.25, 0.3) is 21.3 Å². The van der Waals surface area contributed by atoms with Gasteiger partial charge < -0.3 is 9.64 Å². The maximum absolute atomic E-state index is 13.5. The number of nitrogens with zero attached hydrogens (tertiary/aromatic N) is 3. The molecule has 2 aromatic heterocycles. The first-order valence-corrected chi connectivity index (χ1v) is 12.4. The summed E-state index contributed by atoms with van der Waals surface area (Å²) in [5.74, 6) is 0.153. The Hall–Kier alpha value is -3.30. The van der Waals surface area contributed by atoms with Crippen LogP contribution in [0, 0.1) is 0 Å². The number of benzene rings is 2. The minimum atomic E-state index is -0.782. The highest BCUT2D eigenvalue weighted by atomic mass is 79.9. The third-order valence-corrected chi connectivity index (χ3v) is 7.39. The van der Waals surface area contributed by atoms with Crippen LogP contribution in [-0.4, -0.2) is 34.4 Å². The SMILES string of the molecule is CCN1C(=O)COc2ccc(C(=O)C(C)n3cnc4scc(-c5ccc(Br)cc5)c4c3=O)cc21. The molecule has 0 aliphatic carbocycles. The van der Waals surface area contributed by atoms with E-state index in [4.69, 9.17) is 4.74 Å². The van der Waals surface area contributed by atoms with Crippen LogP contribution in [0.4, 0.5) is 5.69 Å². The maximum Gasteiger partial charge on any atom is 0.265 e. The molecule has 34 heavy (non-hydrogen) atoms. The molecule has 5 rings (SSSR count). The summed E-state index contributed by atoms with van der Waals surface area (Å²) in [4.78, 5) is 45.8. The number of anilines is 1. The first kappa shape index (κ1) is 22.5. The van der Waals surface area contributed by atoms with Gasteiger partial charge in [0.15, 0.2) is 12.4 Å². The molecule has 4 aromatic rings. The number of Topliss-reactive ketones (excluding diaryl/α,β-unsaturated/α-hetero) is 1. The van der Waals surface area contributed by atoms with E-state index in [0.29, 0.717) is 33.8 Å². The molecule has 0 fully saturated rings. The topological polar surface area (TPSA) is 81.5 Å². The molecule has 1 amide bonds. The van der Waals surface area contributed by atoms with Crippen molar-refractivity contribution < 1.29 is 14.3 Å². The molecule has 2 aromatic carbocycles. The molecule has 7 nitrogen and oxygen atoms in total. The number of carbonyl (C=O) groups is 2. The fourth-order valence-corrected chi connectivity index (χ4v) is 5.30. The summed E-state index contributed by atoms with van der Waals surface area (Å²) in [6, 6.07) is 11.9. The number of thiophene rings is 1. The van der Waals surface area contributed by atoms with Gasteiger partial charge in [-0.3, -0.25) is 19.0 Å². The lowest BCUT2D eigenvalue weighted by atomic mass is 10.0. The number of amides is 1. The van der Waals surface area contributed by atoms with Gasteiger partial charge in [0.05, 0.1) is 23.4 Å². The Morgan fingerprint density at radius 2 is 1.97 bits per heavy atom. The zero-order valence-electron chi connectivity index (χ0n) is 18.4. The molecule has 172 valence electrons. The number of aromatic nitrogens is 2. The second-order valence-electron chi connectivity index (χ2n) is 7.94. The van der Waals surface area contributed by atoms with E-state index in [1.54, 1.807) is 30.0 Å². The molecule has 1 aliphatic heterocycles. The van der Waals surface area contributed by atoms with Crippen molar-refractivity contribution in [1.82, 2.24) is 9.55 Å². The molecule has 0 spiro atoms. The number of rotatable bonds is 5. The monoisotopic (exact) mass is 537 g/mol. The van der Waals surface area contributed by atoms with E-state index in [0.717, 1.165) is 15.6 Å². The Kier molecular flexibility index (Phi) is 5.83. The van der Waals surface area contributed by atoms with E-state index < -0.39 is 6.04 Å². The van der Waals surface area contributed by atoms with E-state index in [2.05, 4.69) is 20.9 Å². The lowest BCUT2D eigenvalue weighted by molar-refractivity contribution is -0.121. The summed E-state index contributed by atoms with van der Waals surface area (Å²) in [5, 5.41) is 2.41. The van der Waals surface area contributed by atoms with Gasteiger partial charge in [0, 0.05) is 27.5 Å². The molecule has 0 saturated heterocycles. The summed E-state index contributed by atoms with van der Waals surface area (Å²) in [7, 11) is 0. The van der Waals surface area contributed by atoms with E-state index in [-0.39, 0.29) is 23.9 Å². The third kappa shape index (κ3) is 3.74. The normalized spacial score (nSPS) is 14.1. The fraction of sp³-hybridized carbons (Fsp3) is 0.200. The number of ether oxygens (including phenoxy) is 1. The van der Waals surface area contributed by atoms with Crippen molar-refractivity contribution in [3.05, 3.63) is 74.6 Å². The molecular weight excluding hydrogens is 518 g/mol. The zero-order valence-corrected chi connectivity index (χ0v) is 20.9. The van der Waals surface area contributed by atoms with E-state index in [9.17, 15) is 14.4 Å². The lowest BCUT2D eigenvalue weighted by Crippen LogP contribution is -2.38. The van der Waals surface area contributed by atoms with Crippen LogP contribution in [0.1, 0.15) is 30.2 Å². The van der Waals surface area contributed by atoms with Gasteiger partial charge in [-0.15, -0.1) is 11.3 Å². The molecule has 0 saturated carbocycles. The predicted molar refractivity (Wildman–Crippen MR) is 136 cm³/mol. The summed E-state index contributed by atoms with van der Waals surface area (Å²) in [5.41, 5.74) is 2.39. The molecule has 1 aliphatic rings. The Balaban J connectivity index is 1.54. The van der Waals surface area contributed by atoms with Crippen molar-refractivity contribution in [1.29, 1.82) is 0 Å². The third-order valence-electron chi connectivity index (χ3n) is 5.97. The van der Waals surface area contributed by atoms with Gasteiger partial charge in [0.1, 0.15) is 10.6 Å². The van der Waals surface area contributed by atoms with Gasteiger partial charge >= 0.3 is 0 Å². The van der Waals surface area contributed by atoms with Crippen molar-refractivity contribution in [3.8, 4) is 16.9 Å². The minimum Gasteiger partial charge on any atom is -0.482 e. The largest absolute Gasteiger partial charge is 0.482 e.